The smallest absolute Gasteiger partial charge is 0.325 e. The lowest BCUT2D eigenvalue weighted by molar-refractivity contribution is -0.151. The standard InChI is InChI=1S/C26H26N4O6/c1-2-36-18-10-6-9-17(22(18)31)21-19-20(26(29-21,25(34)35)11-16-12-27-14-28-16)24(33)30(23(19)32)13-15-7-4-3-5-8-15/h3-10,12,14,19-21,29,31H,2,11,13H2,1H3,(H,27,28)(H,34,35)/t19-,20+,21-,26-/m0/s1. The number of carboxylic acids is 1. The summed E-state index contributed by atoms with van der Waals surface area (Å²) in [6.07, 6.45) is 2.81. The Morgan fingerprint density at radius 3 is 2.58 bits per heavy atom. The Kier molecular flexibility index (Phi) is 5.97. The number of nitrogens with zero attached hydrogens (tertiary/aromatic N) is 2. The van der Waals surface area contributed by atoms with Gasteiger partial charge in [-0.05, 0) is 18.6 Å². The second-order valence-electron chi connectivity index (χ2n) is 9.03. The molecule has 36 heavy (non-hydrogen) atoms. The van der Waals surface area contributed by atoms with Gasteiger partial charge in [-0.25, -0.2) is 4.98 Å². The largest absolute Gasteiger partial charge is 0.504 e. The average Bonchev–Trinajstić information content (AvgIpc) is 3.56. The summed E-state index contributed by atoms with van der Waals surface area (Å²) in [6.45, 7) is 2.11. The highest BCUT2D eigenvalue weighted by Gasteiger charge is 2.68. The monoisotopic (exact) mass is 490 g/mol. The average molecular weight is 491 g/mol. The van der Waals surface area contributed by atoms with Crippen molar-refractivity contribution in [3.8, 4) is 11.5 Å². The van der Waals surface area contributed by atoms with Gasteiger partial charge in [0.15, 0.2) is 11.5 Å². The zero-order valence-corrected chi connectivity index (χ0v) is 19.5. The van der Waals surface area contributed by atoms with Crippen LogP contribution in [-0.2, 0) is 27.3 Å². The van der Waals surface area contributed by atoms with Gasteiger partial charge in [0.1, 0.15) is 5.54 Å². The van der Waals surface area contributed by atoms with Gasteiger partial charge >= 0.3 is 5.97 Å². The summed E-state index contributed by atoms with van der Waals surface area (Å²) < 4.78 is 5.51. The van der Waals surface area contributed by atoms with Crippen molar-refractivity contribution < 1.29 is 29.3 Å². The molecule has 2 aromatic carbocycles. The number of hydrogen-bond donors (Lipinski definition) is 4. The number of imidazole rings is 1. The van der Waals surface area contributed by atoms with E-state index in [-0.39, 0.29) is 24.5 Å². The normalized spacial score (nSPS) is 25.2. The fraction of sp³-hybridized carbons (Fsp3) is 0.308. The van der Waals surface area contributed by atoms with Gasteiger partial charge in [0.25, 0.3) is 0 Å². The number of amides is 2. The van der Waals surface area contributed by atoms with Crippen molar-refractivity contribution >= 4 is 17.8 Å². The SMILES string of the molecule is CCOc1cccc([C@@H]2N[C@](Cc3cnc[nH]3)(C(=O)O)[C@H]3C(=O)N(Cc4ccccc4)C(=O)[C@H]23)c1O. The Hall–Kier alpha value is -4.18. The van der Waals surface area contributed by atoms with Crippen LogP contribution in [0, 0.1) is 11.8 Å². The van der Waals surface area contributed by atoms with Crippen LogP contribution in [0.2, 0.25) is 0 Å². The number of H-pyrrole nitrogens is 1. The quantitative estimate of drug-likeness (QED) is 0.351. The van der Waals surface area contributed by atoms with Gasteiger partial charge in [-0.1, -0.05) is 42.5 Å². The molecule has 0 unspecified atom stereocenters. The molecule has 1 aromatic heterocycles. The molecule has 0 aliphatic carbocycles. The fourth-order valence-electron chi connectivity index (χ4n) is 5.43. The Balaban J connectivity index is 1.62. The summed E-state index contributed by atoms with van der Waals surface area (Å²) in [7, 11) is 0. The molecule has 0 bridgehead atoms. The number of hydrogen-bond acceptors (Lipinski definition) is 7. The van der Waals surface area contributed by atoms with Crippen LogP contribution in [-0.4, -0.2) is 55.0 Å². The number of carbonyl (C=O) groups excluding carboxylic acids is 2. The summed E-state index contributed by atoms with van der Waals surface area (Å²) in [4.78, 5) is 48.4. The molecule has 3 heterocycles. The van der Waals surface area contributed by atoms with Crippen LogP contribution in [0.25, 0.3) is 0 Å². The molecule has 186 valence electrons. The van der Waals surface area contributed by atoms with E-state index in [2.05, 4.69) is 15.3 Å². The molecule has 5 rings (SSSR count). The van der Waals surface area contributed by atoms with Crippen LogP contribution >= 0.6 is 0 Å². The number of aromatic hydroxyl groups is 1. The van der Waals surface area contributed by atoms with Crippen LogP contribution in [0.15, 0.2) is 61.1 Å². The van der Waals surface area contributed by atoms with Crippen molar-refractivity contribution in [2.75, 3.05) is 6.61 Å². The summed E-state index contributed by atoms with van der Waals surface area (Å²) in [6, 6.07) is 13.0. The van der Waals surface area contributed by atoms with E-state index in [1.54, 1.807) is 37.3 Å². The number of likely N-dealkylation sites (tertiary alicyclic amines) is 1. The highest BCUT2D eigenvalue weighted by Crippen LogP contribution is 2.52. The van der Waals surface area contributed by atoms with Gasteiger partial charge in [-0.2, -0.15) is 0 Å². The lowest BCUT2D eigenvalue weighted by Crippen LogP contribution is -2.57. The fourth-order valence-corrected chi connectivity index (χ4v) is 5.43. The Morgan fingerprint density at radius 2 is 1.92 bits per heavy atom. The Labute approximate surface area is 206 Å². The summed E-state index contributed by atoms with van der Waals surface area (Å²) in [5, 5.41) is 24.6. The molecule has 2 saturated heterocycles. The van der Waals surface area contributed by atoms with Crippen LogP contribution in [0.1, 0.15) is 29.8 Å². The van der Waals surface area contributed by atoms with Gasteiger partial charge in [0, 0.05) is 29.9 Å². The van der Waals surface area contributed by atoms with Gasteiger partial charge in [0.05, 0.1) is 31.3 Å². The van der Waals surface area contributed by atoms with Crippen molar-refractivity contribution in [1.82, 2.24) is 20.2 Å². The van der Waals surface area contributed by atoms with Crippen molar-refractivity contribution in [3.63, 3.8) is 0 Å². The predicted octanol–water partition coefficient (Wildman–Crippen LogP) is 2.03. The van der Waals surface area contributed by atoms with E-state index in [9.17, 15) is 24.6 Å². The lowest BCUT2D eigenvalue weighted by Gasteiger charge is -2.31. The molecule has 2 aliphatic heterocycles. The van der Waals surface area contributed by atoms with Crippen molar-refractivity contribution in [2.45, 2.75) is 31.5 Å². The van der Waals surface area contributed by atoms with Crippen LogP contribution in [0.4, 0.5) is 0 Å². The highest BCUT2D eigenvalue weighted by molar-refractivity contribution is 6.09. The number of imide groups is 1. The molecular formula is C26H26N4O6. The third-order valence-electron chi connectivity index (χ3n) is 7.00. The summed E-state index contributed by atoms with van der Waals surface area (Å²) in [5.74, 6) is -4.53. The van der Waals surface area contributed by atoms with Gasteiger partial charge in [-0.3, -0.25) is 24.6 Å². The number of benzene rings is 2. The lowest BCUT2D eigenvalue weighted by atomic mass is 9.77. The maximum atomic E-state index is 13.8. The molecular weight excluding hydrogens is 464 g/mol. The first-order valence-electron chi connectivity index (χ1n) is 11.7. The van der Waals surface area contributed by atoms with E-state index in [4.69, 9.17) is 4.74 Å². The van der Waals surface area contributed by atoms with Crippen LogP contribution in [0.5, 0.6) is 11.5 Å². The number of aromatic amines is 1. The molecule has 0 radical (unpaired) electrons. The topological polar surface area (TPSA) is 145 Å². The molecule has 10 heteroatoms. The number of aromatic nitrogens is 2. The maximum absolute atomic E-state index is 13.8. The minimum Gasteiger partial charge on any atom is -0.504 e. The molecule has 2 amide bonds. The number of phenols is 1. The molecule has 2 aliphatic rings. The third-order valence-corrected chi connectivity index (χ3v) is 7.00. The number of carboxylic acid groups (broad SMARTS) is 1. The molecule has 0 saturated carbocycles. The van der Waals surface area contributed by atoms with Gasteiger partial charge in [-0.15, -0.1) is 0 Å². The van der Waals surface area contributed by atoms with Crippen LogP contribution in [0.3, 0.4) is 0 Å². The van der Waals surface area contributed by atoms with Crippen molar-refractivity contribution in [3.05, 3.63) is 77.9 Å². The number of ether oxygens (including phenoxy) is 1. The first-order chi connectivity index (χ1) is 17.4. The number of phenolic OH excluding ortho intramolecular Hbond substituents is 1. The zero-order chi connectivity index (χ0) is 25.4. The maximum Gasteiger partial charge on any atom is 0.325 e. The number of fused-ring (bicyclic) bond motifs is 1. The zero-order valence-electron chi connectivity index (χ0n) is 19.5. The first kappa shape index (κ1) is 23.6. The molecule has 4 atom stereocenters. The summed E-state index contributed by atoms with van der Waals surface area (Å²) in [5.41, 5.74) is -0.266. The van der Waals surface area contributed by atoms with E-state index in [1.165, 1.54) is 12.5 Å². The molecule has 4 N–H and O–H groups in total. The minimum atomic E-state index is -1.81. The van der Waals surface area contributed by atoms with Crippen LogP contribution < -0.4 is 10.1 Å². The van der Waals surface area contributed by atoms with E-state index in [0.717, 1.165) is 10.5 Å². The number of aliphatic carboxylic acids is 1. The number of para-hydroxylation sites is 1. The minimum absolute atomic E-state index is 0.0307. The van der Waals surface area contributed by atoms with E-state index in [0.29, 0.717) is 17.9 Å². The highest BCUT2D eigenvalue weighted by atomic mass is 16.5. The molecule has 10 nitrogen and oxygen atoms in total. The second kappa shape index (κ2) is 9.12. The van der Waals surface area contributed by atoms with Crippen molar-refractivity contribution in [1.29, 1.82) is 0 Å². The van der Waals surface area contributed by atoms with Gasteiger partial charge < -0.3 is 19.9 Å². The molecule has 2 fully saturated rings. The number of rotatable bonds is 8. The second-order valence-corrected chi connectivity index (χ2v) is 9.03. The number of nitrogens with one attached hydrogen (secondary N) is 2. The van der Waals surface area contributed by atoms with Crippen molar-refractivity contribution in [2.24, 2.45) is 11.8 Å². The van der Waals surface area contributed by atoms with E-state index >= 15 is 0 Å². The van der Waals surface area contributed by atoms with Gasteiger partial charge in [0.2, 0.25) is 11.8 Å². The summed E-state index contributed by atoms with van der Waals surface area (Å²) >= 11 is 0. The number of carbonyl (C=O) groups is 3. The molecule has 3 aromatic rings. The first-order valence-corrected chi connectivity index (χ1v) is 11.7. The third kappa shape index (κ3) is 3.70. The Morgan fingerprint density at radius 1 is 1.14 bits per heavy atom. The van der Waals surface area contributed by atoms with E-state index < -0.39 is 41.2 Å². The Bertz CT molecular complexity index is 1300. The molecule has 0 spiro atoms. The predicted molar refractivity (Wildman–Crippen MR) is 127 cm³/mol. The van der Waals surface area contributed by atoms with E-state index in [1.807, 2.05) is 18.2 Å².